The Morgan fingerprint density at radius 1 is 1.69 bits per heavy atom. The van der Waals surface area contributed by atoms with Crippen molar-refractivity contribution >= 4 is 5.97 Å². The highest BCUT2D eigenvalue weighted by atomic mass is 16.4. The molecule has 1 unspecified atom stereocenters. The van der Waals surface area contributed by atoms with Crippen LogP contribution in [-0.4, -0.2) is 20.6 Å². The number of aliphatic carboxylic acids is 1. The van der Waals surface area contributed by atoms with Crippen molar-refractivity contribution in [2.75, 3.05) is 0 Å². The summed E-state index contributed by atoms with van der Waals surface area (Å²) in [7, 11) is 0. The molecule has 0 saturated heterocycles. The minimum Gasteiger partial charge on any atom is -0.481 e. The molecule has 0 radical (unpaired) electrons. The van der Waals surface area contributed by atoms with Gasteiger partial charge in [-0.15, -0.1) is 0 Å². The first-order valence-electron chi connectivity index (χ1n) is 5.83. The fourth-order valence-electron chi connectivity index (χ4n) is 2.46. The summed E-state index contributed by atoms with van der Waals surface area (Å²) in [6.07, 6.45) is 4.07. The minimum absolute atomic E-state index is 0.263. The van der Waals surface area contributed by atoms with Crippen molar-refractivity contribution in [3.8, 4) is 0 Å². The summed E-state index contributed by atoms with van der Waals surface area (Å²) < 4.78 is 2.13. The molecule has 16 heavy (non-hydrogen) atoms. The molecule has 1 aliphatic rings. The Morgan fingerprint density at radius 3 is 3.06 bits per heavy atom. The summed E-state index contributed by atoms with van der Waals surface area (Å²) in [5, 5.41) is 8.78. The maximum Gasteiger partial charge on any atom is 0.303 e. The van der Waals surface area contributed by atoms with E-state index in [2.05, 4.69) is 23.4 Å². The van der Waals surface area contributed by atoms with Gasteiger partial charge in [-0.3, -0.25) is 4.79 Å². The Bertz CT molecular complexity index is 396. The first kappa shape index (κ1) is 11.2. The van der Waals surface area contributed by atoms with E-state index < -0.39 is 5.97 Å². The van der Waals surface area contributed by atoms with Crippen LogP contribution in [0, 0.1) is 5.92 Å². The second kappa shape index (κ2) is 4.28. The molecule has 1 atom stereocenters. The molecule has 88 valence electrons. The van der Waals surface area contributed by atoms with Crippen LogP contribution in [0.4, 0.5) is 0 Å². The van der Waals surface area contributed by atoms with Crippen molar-refractivity contribution in [3.63, 3.8) is 0 Å². The van der Waals surface area contributed by atoms with Crippen molar-refractivity contribution in [2.45, 2.75) is 45.6 Å². The number of fused-ring (bicyclic) bond motifs is 1. The van der Waals surface area contributed by atoms with E-state index in [1.165, 1.54) is 11.4 Å². The average molecular weight is 222 g/mol. The zero-order valence-electron chi connectivity index (χ0n) is 9.81. The number of aromatic nitrogens is 2. The standard InChI is InChI=1S/C12H18N2O2/c1-8(2)12-10-4-3-9(5-11(15)16)6-14(10)7-13-12/h7-9H,3-6H2,1-2H3,(H,15,16). The van der Waals surface area contributed by atoms with Crippen LogP contribution in [0.15, 0.2) is 6.33 Å². The quantitative estimate of drug-likeness (QED) is 0.851. The summed E-state index contributed by atoms with van der Waals surface area (Å²) in [5.41, 5.74) is 2.48. The Balaban J connectivity index is 2.13. The van der Waals surface area contributed by atoms with Crippen molar-refractivity contribution < 1.29 is 9.90 Å². The van der Waals surface area contributed by atoms with Crippen molar-refractivity contribution in [3.05, 3.63) is 17.7 Å². The predicted octanol–water partition coefficient (Wildman–Crippen LogP) is 2.04. The van der Waals surface area contributed by atoms with Crippen LogP contribution in [0.5, 0.6) is 0 Å². The van der Waals surface area contributed by atoms with Gasteiger partial charge in [0, 0.05) is 18.7 Å². The Labute approximate surface area is 95.3 Å². The van der Waals surface area contributed by atoms with Crippen LogP contribution in [0.1, 0.15) is 44.0 Å². The van der Waals surface area contributed by atoms with Gasteiger partial charge in [0.25, 0.3) is 0 Å². The number of carboxylic acid groups (broad SMARTS) is 1. The first-order valence-corrected chi connectivity index (χ1v) is 5.83. The van der Waals surface area contributed by atoms with Crippen molar-refractivity contribution in [1.29, 1.82) is 0 Å². The Kier molecular flexibility index (Phi) is 2.99. The number of rotatable bonds is 3. The molecule has 4 nitrogen and oxygen atoms in total. The molecule has 4 heteroatoms. The van der Waals surface area contributed by atoms with Gasteiger partial charge in [0.2, 0.25) is 0 Å². The van der Waals surface area contributed by atoms with E-state index in [0.717, 1.165) is 19.4 Å². The highest BCUT2D eigenvalue weighted by Crippen LogP contribution is 2.27. The third-order valence-corrected chi connectivity index (χ3v) is 3.23. The lowest BCUT2D eigenvalue weighted by atomic mass is 9.93. The minimum atomic E-state index is -0.697. The fraction of sp³-hybridized carbons (Fsp3) is 0.667. The summed E-state index contributed by atoms with van der Waals surface area (Å²) >= 11 is 0. The average Bonchev–Trinajstić information content (AvgIpc) is 2.59. The van der Waals surface area contributed by atoms with Gasteiger partial charge in [0.05, 0.1) is 12.0 Å². The number of carbonyl (C=O) groups is 1. The van der Waals surface area contributed by atoms with Crippen LogP contribution in [-0.2, 0) is 17.8 Å². The Hall–Kier alpha value is -1.32. The number of nitrogens with zero attached hydrogens (tertiary/aromatic N) is 2. The van der Waals surface area contributed by atoms with Crippen LogP contribution >= 0.6 is 0 Å². The van der Waals surface area contributed by atoms with E-state index in [1.54, 1.807) is 0 Å². The van der Waals surface area contributed by atoms with E-state index in [-0.39, 0.29) is 12.3 Å². The molecule has 1 aromatic rings. The number of carboxylic acids is 1. The summed E-state index contributed by atoms with van der Waals surface area (Å²) in [6, 6.07) is 0. The molecule has 0 amide bonds. The lowest BCUT2D eigenvalue weighted by Crippen LogP contribution is -2.22. The molecule has 0 saturated carbocycles. The van der Waals surface area contributed by atoms with E-state index >= 15 is 0 Å². The molecular weight excluding hydrogens is 204 g/mol. The molecule has 1 aromatic heterocycles. The van der Waals surface area contributed by atoms with Crippen LogP contribution < -0.4 is 0 Å². The van der Waals surface area contributed by atoms with Crippen LogP contribution in [0.2, 0.25) is 0 Å². The third kappa shape index (κ3) is 2.10. The van der Waals surface area contributed by atoms with Gasteiger partial charge in [-0.2, -0.15) is 0 Å². The van der Waals surface area contributed by atoms with Gasteiger partial charge in [-0.05, 0) is 24.7 Å². The van der Waals surface area contributed by atoms with Gasteiger partial charge in [-0.25, -0.2) is 4.98 Å². The summed E-state index contributed by atoms with van der Waals surface area (Å²) in [5.74, 6) is 0.0177. The molecular formula is C12H18N2O2. The maximum absolute atomic E-state index is 10.7. The largest absolute Gasteiger partial charge is 0.481 e. The molecule has 2 rings (SSSR count). The SMILES string of the molecule is CC(C)c1ncn2c1CCC(CC(=O)O)C2. The molecule has 1 N–H and O–H groups in total. The van der Waals surface area contributed by atoms with E-state index in [0.29, 0.717) is 5.92 Å². The summed E-state index contributed by atoms with van der Waals surface area (Å²) in [6.45, 7) is 5.10. The highest BCUT2D eigenvalue weighted by molar-refractivity contribution is 5.67. The van der Waals surface area contributed by atoms with E-state index in [1.807, 2.05) is 6.33 Å². The van der Waals surface area contributed by atoms with Gasteiger partial charge in [-0.1, -0.05) is 13.8 Å². The lowest BCUT2D eigenvalue weighted by molar-refractivity contribution is -0.138. The lowest BCUT2D eigenvalue weighted by Gasteiger charge is -2.23. The number of imidazole rings is 1. The summed E-state index contributed by atoms with van der Waals surface area (Å²) in [4.78, 5) is 15.1. The molecule has 0 spiro atoms. The molecule has 0 bridgehead atoms. The molecule has 0 aliphatic carbocycles. The molecule has 1 aliphatic heterocycles. The smallest absolute Gasteiger partial charge is 0.303 e. The monoisotopic (exact) mass is 222 g/mol. The van der Waals surface area contributed by atoms with E-state index in [9.17, 15) is 4.79 Å². The number of hydrogen-bond donors (Lipinski definition) is 1. The van der Waals surface area contributed by atoms with Crippen LogP contribution in [0.3, 0.4) is 0 Å². The number of hydrogen-bond acceptors (Lipinski definition) is 2. The molecule has 2 heterocycles. The molecule has 0 aromatic carbocycles. The van der Waals surface area contributed by atoms with Crippen molar-refractivity contribution in [2.24, 2.45) is 5.92 Å². The third-order valence-electron chi connectivity index (χ3n) is 3.23. The molecule has 0 fully saturated rings. The van der Waals surface area contributed by atoms with Crippen LogP contribution in [0.25, 0.3) is 0 Å². The second-order valence-corrected chi connectivity index (χ2v) is 4.89. The highest BCUT2D eigenvalue weighted by Gasteiger charge is 2.24. The van der Waals surface area contributed by atoms with E-state index in [4.69, 9.17) is 5.11 Å². The predicted molar refractivity (Wildman–Crippen MR) is 60.4 cm³/mol. The fourth-order valence-corrected chi connectivity index (χ4v) is 2.46. The second-order valence-electron chi connectivity index (χ2n) is 4.89. The van der Waals surface area contributed by atoms with Gasteiger partial charge in [0.1, 0.15) is 0 Å². The Morgan fingerprint density at radius 2 is 2.44 bits per heavy atom. The normalized spacial score (nSPS) is 19.8. The van der Waals surface area contributed by atoms with Gasteiger partial charge in [0.15, 0.2) is 0 Å². The van der Waals surface area contributed by atoms with Gasteiger partial charge >= 0.3 is 5.97 Å². The zero-order chi connectivity index (χ0) is 11.7. The maximum atomic E-state index is 10.7. The van der Waals surface area contributed by atoms with Gasteiger partial charge < -0.3 is 9.67 Å². The zero-order valence-corrected chi connectivity index (χ0v) is 9.81. The van der Waals surface area contributed by atoms with Crippen molar-refractivity contribution in [1.82, 2.24) is 9.55 Å². The first-order chi connectivity index (χ1) is 7.58. The topological polar surface area (TPSA) is 55.1 Å².